The second-order valence-corrected chi connectivity index (χ2v) is 7.99. The lowest BCUT2D eigenvalue weighted by atomic mass is 10.1. The zero-order valence-electron chi connectivity index (χ0n) is 17.9. The fourth-order valence-corrected chi connectivity index (χ4v) is 3.86. The number of nitrogens with one attached hydrogen (secondary N) is 2. The number of hydrogen-bond acceptors (Lipinski definition) is 7. The van der Waals surface area contributed by atoms with Crippen molar-refractivity contribution in [3.05, 3.63) is 23.8 Å². The Morgan fingerprint density at radius 1 is 1.28 bits per heavy atom. The van der Waals surface area contributed by atoms with E-state index in [1.165, 1.54) is 10.9 Å². The third-order valence-corrected chi connectivity index (χ3v) is 5.33. The molecule has 13 heteroatoms. The van der Waals surface area contributed by atoms with E-state index in [1.807, 2.05) is 5.32 Å². The van der Waals surface area contributed by atoms with Crippen LogP contribution < -0.4 is 10.6 Å². The van der Waals surface area contributed by atoms with Crippen LogP contribution in [0, 0.1) is 0 Å². The van der Waals surface area contributed by atoms with Gasteiger partial charge in [0.2, 0.25) is 5.82 Å². The number of anilines is 1. The van der Waals surface area contributed by atoms with E-state index in [4.69, 9.17) is 0 Å². The number of imidazole rings is 1. The molecule has 0 spiro atoms. The Labute approximate surface area is 181 Å². The maximum absolute atomic E-state index is 12.5. The number of aryl methyl sites for hydroxylation is 2. The summed E-state index contributed by atoms with van der Waals surface area (Å²) in [6, 6.07) is 0.0170. The molecule has 32 heavy (non-hydrogen) atoms. The average Bonchev–Trinajstić information content (AvgIpc) is 3.33. The van der Waals surface area contributed by atoms with Crippen molar-refractivity contribution < 1.29 is 18.0 Å². The van der Waals surface area contributed by atoms with Crippen LogP contribution >= 0.6 is 0 Å². The number of hydrogen-bond donors (Lipinski definition) is 2. The molecule has 3 aromatic rings. The van der Waals surface area contributed by atoms with Gasteiger partial charge in [-0.05, 0) is 13.3 Å². The maximum atomic E-state index is 12.5. The van der Waals surface area contributed by atoms with Crippen molar-refractivity contribution in [2.75, 3.05) is 11.9 Å². The summed E-state index contributed by atoms with van der Waals surface area (Å²) in [5.41, 5.74) is 0.718. The molecule has 2 N–H and O–H groups in total. The topological polar surface area (TPSA) is 115 Å². The first-order valence-electron chi connectivity index (χ1n) is 10.4. The summed E-state index contributed by atoms with van der Waals surface area (Å²) in [7, 11) is 0. The van der Waals surface area contributed by atoms with Crippen LogP contribution in [-0.2, 0) is 19.5 Å². The molecule has 3 aromatic heterocycles. The van der Waals surface area contributed by atoms with Crippen LogP contribution in [0.3, 0.4) is 0 Å². The number of carbonyl (C=O) groups is 1. The van der Waals surface area contributed by atoms with E-state index in [9.17, 15) is 18.0 Å². The predicted octanol–water partition coefficient (Wildman–Crippen LogP) is 2.28. The lowest BCUT2D eigenvalue weighted by molar-refractivity contribution is -0.123. The van der Waals surface area contributed by atoms with E-state index >= 15 is 0 Å². The summed E-state index contributed by atoms with van der Waals surface area (Å²) in [5.74, 6) is 1.47. The van der Waals surface area contributed by atoms with Gasteiger partial charge in [-0.2, -0.15) is 13.2 Å². The van der Waals surface area contributed by atoms with Gasteiger partial charge in [0, 0.05) is 31.5 Å². The predicted molar refractivity (Wildman–Crippen MR) is 109 cm³/mol. The van der Waals surface area contributed by atoms with Gasteiger partial charge >= 0.3 is 6.18 Å². The smallest absolute Gasteiger partial charge is 0.364 e. The molecule has 0 unspecified atom stereocenters. The number of fused-ring (bicyclic) bond motifs is 2. The molecule has 1 atom stereocenters. The van der Waals surface area contributed by atoms with E-state index in [-0.39, 0.29) is 17.8 Å². The first kappa shape index (κ1) is 22.0. The Bertz CT molecular complexity index is 1140. The lowest BCUT2D eigenvalue weighted by Gasteiger charge is -2.26. The zero-order valence-corrected chi connectivity index (χ0v) is 17.9. The molecular weight excluding hydrogens is 427 g/mol. The minimum atomic E-state index is -4.51. The van der Waals surface area contributed by atoms with Crippen LogP contribution in [0.5, 0.6) is 0 Å². The highest BCUT2D eigenvalue weighted by Crippen LogP contribution is 2.25. The van der Waals surface area contributed by atoms with Gasteiger partial charge in [0.1, 0.15) is 24.5 Å². The van der Waals surface area contributed by atoms with Crippen molar-refractivity contribution >= 4 is 22.9 Å². The number of carbonyl (C=O) groups excluding carboxylic acids is 1. The number of rotatable bonds is 6. The molecular formula is C19H24F3N9O. The molecule has 0 bridgehead atoms. The third kappa shape index (κ3) is 4.23. The Hall–Kier alpha value is -3.25. The quantitative estimate of drug-likeness (QED) is 0.591. The van der Waals surface area contributed by atoms with Gasteiger partial charge in [0.05, 0.1) is 0 Å². The largest absolute Gasteiger partial charge is 0.405 e. The summed E-state index contributed by atoms with van der Waals surface area (Å²) in [4.78, 5) is 25.2. The van der Waals surface area contributed by atoms with Crippen LogP contribution in [0.4, 0.5) is 19.0 Å². The molecule has 4 heterocycles. The van der Waals surface area contributed by atoms with Gasteiger partial charge in [-0.1, -0.05) is 13.8 Å². The van der Waals surface area contributed by atoms with Crippen LogP contribution in [0.25, 0.3) is 11.2 Å². The van der Waals surface area contributed by atoms with E-state index in [0.29, 0.717) is 30.1 Å². The summed E-state index contributed by atoms with van der Waals surface area (Å²) in [6.07, 6.45) is -1.61. The maximum Gasteiger partial charge on any atom is 0.405 e. The van der Waals surface area contributed by atoms with Gasteiger partial charge in [-0.25, -0.2) is 15.0 Å². The molecule has 172 valence electrons. The molecule has 0 aromatic carbocycles. The molecule has 1 amide bonds. The minimum absolute atomic E-state index is 0.0170. The molecule has 0 saturated heterocycles. The highest BCUT2D eigenvalue weighted by Gasteiger charge is 2.30. The summed E-state index contributed by atoms with van der Waals surface area (Å²) >= 11 is 0. The molecule has 10 nitrogen and oxygen atoms in total. The van der Waals surface area contributed by atoms with Crippen LogP contribution in [0.1, 0.15) is 55.4 Å². The van der Waals surface area contributed by atoms with Crippen molar-refractivity contribution in [1.29, 1.82) is 0 Å². The fourth-order valence-electron chi connectivity index (χ4n) is 3.86. The first-order chi connectivity index (χ1) is 15.2. The van der Waals surface area contributed by atoms with Gasteiger partial charge in [-0.3, -0.25) is 4.79 Å². The third-order valence-electron chi connectivity index (χ3n) is 5.33. The van der Waals surface area contributed by atoms with Crippen molar-refractivity contribution in [1.82, 2.24) is 39.6 Å². The zero-order chi connectivity index (χ0) is 23.0. The Morgan fingerprint density at radius 3 is 2.75 bits per heavy atom. The standard InChI is InChI=1S/C19H24F3N9O/c1-4-30-16-13(27-17(30)18(32)23-8-19(20,21)22)14(24-9-25-16)26-11-5-6-12-28-29-15(10(2)3)31(12)7-11/h9-11H,4-8H2,1-3H3,(H,23,32)(H,24,25,26)/t11-/m1/s1. The van der Waals surface area contributed by atoms with Crippen molar-refractivity contribution in [3.8, 4) is 0 Å². The monoisotopic (exact) mass is 451 g/mol. The summed E-state index contributed by atoms with van der Waals surface area (Å²) < 4.78 is 41.1. The van der Waals surface area contributed by atoms with Gasteiger partial charge in [-0.15, -0.1) is 10.2 Å². The SMILES string of the molecule is CCn1c(C(=O)NCC(F)(F)F)nc2c(N[C@@H]3CCc4nnc(C(C)C)n4C3)ncnc21. The second-order valence-electron chi connectivity index (χ2n) is 7.99. The molecule has 0 radical (unpaired) electrons. The van der Waals surface area contributed by atoms with Gasteiger partial charge in [0.25, 0.3) is 5.91 Å². The van der Waals surface area contributed by atoms with Gasteiger partial charge < -0.3 is 19.8 Å². The summed E-state index contributed by atoms with van der Waals surface area (Å²) in [5, 5.41) is 13.8. The Kier molecular flexibility index (Phi) is 5.73. The normalized spacial score (nSPS) is 16.4. The Morgan fingerprint density at radius 2 is 2.06 bits per heavy atom. The first-order valence-corrected chi connectivity index (χ1v) is 10.4. The van der Waals surface area contributed by atoms with E-state index in [1.54, 1.807) is 6.92 Å². The van der Waals surface area contributed by atoms with Crippen LogP contribution in [-0.4, -0.2) is 59.0 Å². The van der Waals surface area contributed by atoms with Crippen molar-refractivity contribution in [3.63, 3.8) is 0 Å². The molecule has 0 saturated carbocycles. The lowest BCUT2D eigenvalue weighted by Crippen LogP contribution is -2.35. The van der Waals surface area contributed by atoms with E-state index in [0.717, 1.165) is 24.5 Å². The number of alkyl halides is 3. The van der Waals surface area contributed by atoms with Crippen molar-refractivity contribution in [2.24, 2.45) is 0 Å². The van der Waals surface area contributed by atoms with Crippen LogP contribution in [0.15, 0.2) is 6.33 Å². The van der Waals surface area contributed by atoms with Crippen molar-refractivity contribution in [2.45, 2.75) is 64.8 Å². The Balaban J connectivity index is 1.61. The molecule has 0 aliphatic carbocycles. The number of aromatic nitrogens is 7. The van der Waals surface area contributed by atoms with E-state index in [2.05, 4.69) is 48.9 Å². The van der Waals surface area contributed by atoms with E-state index < -0.39 is 18.6 Å². The second kappa shape index (κ2) is 8.36. The number of nitrogens with zero attached hydrogens (tertiary/aromatic N) is 7. The fraction of sp³-hybridized carbons (Fsp3) is 0.579. The number of halogens is 3. The summed E-state index contributed by atoms with van der Waals surface area (Å²) in [6.45, 7) is 5.41. The molecule has 1 aliphatic rings. The molecule has 0 fully saturated rings. The average molecular weight is 451 g/mol. The highest BCUT2D eigenvalue weighted by molar-refractivity contribution is 5.96. The highest BCUT2D eigenvalue weighted by atomic mass is 19.4. The van der Waals surface area contributed by atoms with Crippen LogP contribution in [0.2, 0.25) is 0 Å². The van der Waals surface area contributed by atoms with Gasteiger partial charge in [0.15, 0.2) is 17.0 Å². The minimum Gasteiger partial charge on any atom is -0.364 e. The number of amides is 1. The molecule has 1 aliphatic heterocycles. The molecule has 4 rings (SSSR count).